The van der Waals surface area contributed by atoms with Crippen molar-refractivity contribution in [2.75, 3.05) is 13.2 Å². The van der Waals surface area contributed by atoms with Crippen LogP contribution in [0.25, 0.3) is 11.6 Å². The summed E-state index contributed by atoms with van der Waals surface area (Å²) in [5, 5.41) is 3.16. The molecule has 1 aliphatic carbocycles. The third-order valence-corrected chi connectivity index (χ3v) is 5.76. The number of hydrogen-bond donors (Lipinski definition) is 1. The van der Waals surface area contributed by atoms with E-state index in [1.54, 1.807) is 0 Å². The van der Waals surface area contributed by atoms with Crippen LogP contribution in [0.4, 0.5) is 0 Å². The average Bonchev–Trinajstić information content (AvgIpc) is 3.20. The Morgan fingerprint density at radius 2 is 2.23 bits per heavy atom. The second-order valence-corrected chi connectivity index (χ2v) is 7.79. The van der Waals surface area contributed by atoms with E-state index in [-0.39, 0.29) is 11.9 Å². The SMILES string of the molecule is Cc1ncc2n3c(nc(Br)c13)[C@@H]1CC[C@H](C1)NC(=O)CCOCC/C=C/2. The molecule has 1 aliphatic heterocycles. The molecule has 6 nitrogen and oxygen atoms in total. The van der Waals surface area contributed by atoms with Gasteiger partial charge in [-0.1, -0.05) is 6.08 Å². The topological polar surface area (TPSA) is 68.5 Å². The fourth-order valence-electron chi connectivity index (χ4n) is 3.93. The number of rotatable bonds is 0. The summed E-state index contributed by atoms with van der Waals surface area (Å²) in [6, 6.07) is 0.214. The molecule has 1 saturated carbocycles. The van der Waals surface area contributed by atoms with Gasteiger partial charge in [-0.15, -0.1) is 0 Å². The highest BCUT2D eigenvalue weighted by molar-refractivity contribution is 9.10. The van der Waals surface area contributed by atoms with Crippen LogP contribution in [0.2, 0.25) is 0 Å². The highest BCUT2D eigenvalue weighted by atomic mass is 79.9. The molecular weight excluding hydrogens is 396 g/mol. The lowest BCUT2D eigenvalue weighted by atomic mass is 10.1. The molecule has 2 aliphatic rings. The van der Waals surface area contributed by atoms with Gasteiger partial charge >= 0.3 is 0 Å². The van der Waals surface area contributed by atoms with E-state index in [0.29, 0.717) is 25.6 Å². The van der Waals surface area contributed by atoms with Crippen molar-refractivity contribution in [3.8, 4) is 0 Å². The summed E-state index contributed by atoms with van der Waals surface area (Å²) in [4.78, 5) is 21.5. The smallest absolute Gasteiger partial charge is 0.222 e. The Hall–Kier alpha value is -1.73. The van der Waals surface area contributed by atoms with Crippen LogP contribution in [0, 0.1) is 6.92 Å². The normalized spacial score (nSPS) is 25.5. The molecular formula is C19H23BrN4O2. The number of fused-ring (bicyclic) bond motifs is 3. The van der Waals surface area contributed by atoms with Crippen LogP contribution in [-0.4, -0.2) is 39.5 Å². The van der Waals surface area contributed by atoms with Crippen LogP contribution < -0.4 is 5.32 Å². The molecule has 3 heterocycles. The molecule has 2 atom stereocenters. The van der Waals surface area contributed by atoms with E-state index in [0.717, 1.165) is 53.0 Å². The number of imidazole rings is 1. The van der Waals surface area contributed by atoms with Crippen molar-refractivity contribution in [2.45, 2.75) is 51.0 Å². The van der Waals surface area contributed by atoms with Gasteiger partial charge in [0.15, 0.2) is 0 Å². The lowest BCUT2D eigenvalue weighted by Crippen LogP contribution is -2.33. The van der Waals surface area contributed by atoms with Crippen LogP contribution in [0.1, 0.15) is 55.2 Å². The largest absolute Gasteiger partial charge is 0.381 e. The highest BCUT2D eigenvalue weighted by Gasteiger charge is 2.31. The van der Waals surface area contributed by atoms with Crippen molar-refractivity contribution in [3.63, 3.8) is 0 Å². The number of carbonyl (C=O) groups is 1. The third kappa shape index (κ3) is 3.42. The lowest BCUT2D eigenvalue weighted by Gasteiger charge is -2.14. The summed E-state index contributed by atoms with van der Waals surface area (Å²) >= 11 is 3.62. The van der Waals surface area contributed by atoms with Crippen LogP contribution in [-0.2, 0) is 9.53 Å². The molecule has 1 N–H and O–H groups in total. The van der Waals surface area contributed by atoms with E-state index in [2.05, 4.69) is 42.8 Å². The standard InChI is InChI=1S/C19H23BrN4O2/c1-12-17-18(20)23-19-13-5-6-14(10-13)22-16(25)7-9-26-8-3-2-4-15(11-21-12)24(17)19/h2,4,11,13-14H,3,5-10H2,1H3,(H,22,25)/b4-2+/t13-,14-/m1/s1. The van der Waals surface area contributed by atoms with E-state index in [1.807, 2.05) is 13.1 Å². The summed E-state index contributed by atoms with van der Waals surface area (Å²) in [5.74, 6) is 1.46. The fourth-order valence-corrected chi connectivity index (χ4v) is 4.57. The number of aromatic nitrogens is 3. The van der Waals surface area contributed by atoms with E-state index < -0.39 is 0 Å². The summed E-state index contributed by atoms with van der Waals surface area (Å²) < 4.78 is 8.63. The minimum atomic E-state index is 0.0796. The maximum atomic E-state index is 12.1. The van der Waals surface area contributed by atoms with Crippen LogP contribution in [0.3, 0.4) is 0 Å². The molecule has 2 aromatic rings. The summed E-state index contributed by atoms with van der Waals surface area (Å²) in [5.41, 5.74) is 3.01. The molecule has 1 amide bonds. The lowest BCUT2D eigenvalue weighted by molar-refractivity contribution is -0.122. The Kier molecular flexibility index (Phi) is 5.09. The van der Waals surface area contributed by atoms with Gasteiger partial charge in [0.1, 0.15) is 15.9 Å². The van der Waals surface area contributed by atoms with Gasteiger partial charge in [0.05, 0.1) is 30.8 Å². The molecule has 2 aromatic heterocycles. The first-order valence-corrected chi connectivity index (χ1v) is 10.00. The molecule has 0 saturated heterocycles. The van der Waals surface area contributed by atoms with Crippen molar-refractivity contribution >= 4 is 33.4 Å². The zero-order valence-corrected chi connectivity index (χ0v) is 16.5. The monoisotopic (exact) mass is 418 g/mol. The van der Waals surface area contributed by atoms with E-state index in [4.69, 9.17) is 9.72 Å². The third-order valence-electron chi connectivity index (χ3n) is 5.21. The highest BCUT2D eigenvalue weighted by Crippen LogP contribution is 2.37. The first kappa shape index (κ1) is 17.7. The second kappa shape index (κ2) is 7.48. The second-order valence-electron chi connectivity index (χ2n) is 7.04. The summed E-state index contributed by atoms with van der Waals surface area (Å²) in [6.45, 7) is 3.09. The van der Waals surface area contributed by atoms with Crippen LogP contribution in [0.15, 0.2) is 16.9 Å². The Labute approximate surface area is 161 Å². The zero-order chi connectivity index (χ0) is 18.1. The Balaban J connectivity index is 1.77. The van der Waals surface area contributed by atoms with Crippen molar-refractivity contribution < 1.29 is 9.53 Å². The summed E-state index contributed by atoms with van der Waals surface area (Å²) in [6.07, 6.45) is 10.3. The number of ether oxygens (including phenoxy) is 1. The van der Waals surface area contributed by atoms with Crippen molar-refractivity contribution in [1.29, 1.82) is 0 Å². The molecule has 1 fully saturated rings. The number of amides is 1. The minimum absolute atomic E-state index is 0.0796. The van der Waals surface area contributed by atoms with Gasteiger partial charge in [0, 0.05) is 18.4 Å². The molecule has 0 unspecified atom stereocenters. The van der Waals surface area contributed by atoms with E-state index >= 15 is 0 Å². The van der Waals surface area contributed by atoms with Gasteiger partial charge in [-0.2, -0.15) is 0 Å². The van der Waals surface area contributed by atoms with E-state index in [9.17, 15) is 4.79 Å². The quantitative estimate of drug-likeness (QED) is 0.711. The Morgan fingerprint density at radius 1 is 1.35 bits per heavy atom. The number of nitrogens with one attached hydrogen (secondary N) is 1. The number of carbonyl (C=O) groups excluding carboxylic acids is 1. The number of halogens is 1. The van der Waals surface area contributed by atoms with Crippen LogP contribution in [0.5, 0.6) is 0 Å². The first-order chi connectivity index (χ1) is 12.6. The molecule has 138 valence electrons. The van der Waals surface area contributed by atoms with Gasteiger partial charge in [-0.25, -0.2) is 4.98 Å². The zero-order valence-electron chi connectivity index (χ0n) is 14.9. The molecule has 0 spiro atoms. The molecule has 7 heteroatoms. The van der Waals surface area contributed by atoms with Gasteiger partial charge in [-0.3, -0.25) is 14.2 Å². The minimum Gasteiger partial charge on any atom is -0.381 e. The molecule has 4 rings (SSSR count). The number of aryl methyl sites for hydroxylation is 1. The molecule has 2 bridgehead atoms. The average molecular weight is 419 g/mol. The maximum absolute atomic E-state index is 12.1. The Bertz CT molecular complexity index is 861. The molecule has 0 radical (unpaired) electrons. The predicted molar refractivity (Wildman–Crippen MR) is 103 cm³/mol. The number of hydrogen-bond acceptors (Lipinski definition) is 4. The fraction of sp³-hybridized carbons (Fsp3) is 0.526. The van der Waals surface area contributed by atoms with Gasteiger partial charge < -0.3 is 10.1 Å². The maximum Gasteiger partial charge on any atom is 0.222 e. The molecule has 26 heavy (non-hydrogen) atoms. The predicted octanol–water partition coefficient (Wildman–Crippen LogP) is 3.38. The first-order valence-electron chi connectivity index (χ1n) is 9.20. The van der Waals surface area contributed by atoms with Gasteiger partial charge in [0.2, 0.25) is 5.91 Å². The summed E-state index contributed by atoms with van der Waals surface area (Å²) in [7, 11) is 0. The van der Waals surface area contributed by atoms with Gasteiger partial charge in [-0.05, 0) is 54.6 Å². The Morgan fingerprint density at radius 3 is 3.12 bits per heavy atom. The van der Waals surface area contributed by atoms with Crippen LogP contribution >= 0.6 is 15.9 Å². The van der Waals surface area contributed by atoms with Gasteiger partial charge in [0.25, 0.3) is 0 Å². The van der Waals surface area contributed by atoms with E-state index in [1.165, 1.54) is 0 Å². The van der Waals surface area contributed by atoms with Crippen molar-refractivity contribution in [3.05, 3.63) is 34.1 Å². The van der Waals surface area contributed by atoms with Crippen molar-refractivity contribution in [1.82, 2.24) is 19.7 Å². The number of nitrogens with zero attached hydrogens (tertiary/aromatic N) is 3. The molecule has 0 aromatic carbocycles. The van der Waals surface area contributed by atoms with Crippen molar-refractivity contribution in [2.24, 2.45) is 0 Å².